The number of fused-ring (bicyclic) bond motifs is 1. The molecule has 0 fully saturated rings. The summed E-state index contributed by atoms with van der Waals surface area (Å²) >= 11 is 6.28. The standard InChI is InChI=1S/C25H22ClNO3/c26-22-13-14-23(25-21(22)12-7-15-27-25)28-18-24(29-16-19-8-3-1-4-9-19)30-17-20-10-5-2-6-11-20/h1-15,24H,16-18H2. The van der Waals surface area contributed by atoms with Gasteiger partial charge in [-0.25, -0.2) is 0 Å². The Morgan fingerprint density at radius 1 is 0.733 bits per heavy atom. The van der Waals surface area contributed by atoms with Crippen LogP contribution in [0.25, 0.3) is 10.9 Å². The van der Waals surface area contributed by atoms with E-state index in [0.29, 0.717) is 24.0 Å². The van der Waals surface area contributed by atoms with E-state index >= 15 is 0 Å². The maximum atomic E-state index is 6.28. The lowest BCUT2D eigenvalue weighted by Crippen LogP contribution is -2.25. The average molecular weight is 420 g/mol. The Kier molecular flexibility index (Phi) is 6.93. The minimum absolute atomic E-state index is 0.229. The van der Waals surface area contributed by atoms with E-state index in [1.807, 2.05) is 84.9 Å². The van der Waals surface area contributed by atoms with Crippen molar-refractivity contribution >= 4 is 22.5 Å². The third-order valence-corrected chi connectivity index (χ3v) is 4.94. The zero-order chi connectivity index (χ0) is 20.6. The fourth-order valence-corrected chi connectivity index (χ4v) is 3.27. The average Bonchev–Trinajstić information content (AvgIpc) is 2.81. The van der Waals surface area contributed by atoms with E-state index in [0.717, 1.165) is 22.0 Å². The highest BCUT2D eigenvalue weighted by Crippen LogP contribution is 2.29. The van der Waals surface area contributed by atoms with Crippen molar-refractivity contribution in [1.29, 1.82) is 0 Å². The fourth-order valence-electron chi connectivity index (χ4n) is 3.06. The summed E-state index contributed by atoms with van der Waals surface area (Å²) in [5, 5.41) is 1.49. The third kappa shape index (κ3) is 5.36. The van der Waals surface area contributed by atoms with Crippen molar-refractivity contribution < 1.29 is 14.2 Å². The number of nitrogens with zero attached hydrogens (tertiary/aromatic N) is 1. The molecule has 0 bridgehead atoms. The van der Waals surface area contributed by atoms with Gasteiger partial charge in [-0.3, -0.25) is 4.98 Å². The van der Waals surface area contributed by atoms with Gasteiger partial charge in [0.1, 0.15) is 17.9 Å². The second kappa shape index (κ2) is 10.2. The van der Waals surface area contributed by atoms with Crippen molar-refractivity contribution in [3.05, 3.63) is 107 Å². The Morgan fingerprint density at radius 3 is 2.00 bits per heavy atom. The van der Waals surface area contributed by atoms with Gasteiger partial charge < -0.3 is 14.2 Å². The molecule has 0 aliphatic rings. The lowest BCUT2D eigenvalue weighted by atomic mass is 10.2. The van der Waals surface area contributed by atoms with Crippen LogP contribution in [-0.4, -0.2) is 17.9 Å². The highest BCUT2D eigenvalue weighted by Gasteiger charge is 2.14. The molecule has 0 saturated heterocycles. The topological polar surface area (TPSA) is 40.6 Å². The van der Waals surface area contributed by atoms with Crippen LogP contribution in [0.2, 0.25) is 5.02 Å². The smallest absolute Gasteiger partial charge is 0.192 e. The van der Waals surface area contributed by atoms with Crippen LogP contribution >= 0.6 is 11.6 Å². The predicted molar refractivity (Wildman–Crippen MR) is 118 cm³/mol. The molecule has 0 spiro atoms. The number of pyridine rings is 1. The number of hydrogen-bond acceptors (Lipinski definition) is 4. The molecule has 1 heterocycles. The lowest BCUT2D eigenvalue weighted by Gasteiger charge is -2.20. The van der Waals surface area contributed by atoms with Gasteiger partial charge >= 0.3 is 0 Å². The minimum Gasteiger partial charge on any atom is -0.486 e. The van der Waals surface area contributed by atoms with Gasteiger partial charge in [0.25, 0.3) is 0 Å². The SMILES string of the molecule is Clc1ccc(OCC(OCc2ccccc2)OCc2ccccc2)c2ncccc12. The maximum absolute atomic E-state index is 6.28. The Bertz CT molecular complexity index is 1030. The number of halogens is 1. The minimum atomic E-state index is -0.542. The first-order chi connectivity index (χ1) is 14.8. The Balaban J connectivity index is 1.45. The highest BCUT2D eigenvalue weighted by molar-refractivity contribution is 6.35. The molecule has 0 atom stereocenters. The second-order valence-electron chi connectivity index (χ2n) is 6.78. The van der Waals surface area contributed by atoms with Gasteiger partial charge in [-0.15, -0.1) is 0 Å². The van der Waals surface area contributed by atoms with E-state index in [2.05, 4.69) is 4.98 Å². The molecule has 1 aromatic heterocycles. The summed E-state index contributed by atoms with van der Waals surface area (Å²) in [7, 11) is 0. The number of rotatable bonds is 9. The highest BCUT2D eigenvalue weighted by atomic mass is 35.5. The molecule has 30 heavy (non-hydrogen) atoms. The summed E-state index contributed by atoms with van der Waals surface area (Å²) < 4.78 is 18.1. The first kappa shape index (κ1) is 20.4. The molecule has 5 heteroatoms. The fraction of sp³-hybridized carbons (Fsp3) is 0.160. The molecule has 0 aliphatic carbocycles. The molecule has 0 N–H and O–H groups in total. The van der Waals surface area contributed by atoms with Crippen LogP contribution in [0.15, 0.2) is 91.1 Å². The molecular weight excluding hydrogens is 398 g/mol. The van der Waals surface area contributed by atoms with E-state index in [1.54, 1.807) is 6.20 Å². The second-order valence-corrected chi connectivity index (χ2v) is 7.19. The zero-order valence-corrected chi connectivity index (χ0v) is 17.2. The van der Waals surface area contributed by atoms with Crippen LogP contribution in [0.1, 0.15) is 11.1 Å². The van der Waals surface area contributed by atoms with Crippen LogP contribution < -0.4 is 4.74 Å². The summed E-state index contributed by atoms with van der Waals surface area (Å²) in [6, 6.07) is 27.4. The molecular formula is C25H22ClNO3. The zero-order valence-electron chi connectivity index (χ0n) is 16.4. The molecule has 4 rings (SSSR count). The van der Waals surface area contributed by atoms with Gasteiger partial charge in [-0.05, 0) is 35.4 Å². The summed E-state index contributed by atoms with van der Waals surface area (Å²) in [6.07, 6.45) is 1.18. The monoisotopic (exact) mass is 419 g/mol. The molecule has 152 valence electrons. The third-order valence-electron chi connectivity index (χ3n) is 4.61. The number of benzene rings is 3. The van der Waals surface area contributed by atoms with Crippen LogP contribution in [0.3, 0.4) is 0 Å². The van der Waals surface area contributed by atoms with E-state index in [4.69, 9.17) is 25.8 Å². The van der Waals surface area contributed by atoms with Crippen LogP contribution in [0.4, 0.5) is 0 Å². The molecule has 0 amide bonds. The van der Waals surface area contributed by atoms with Crippen LogP contribution in [0.5, 0.6) is 5.75 Å². The van der Waals surface area contributed by atoms with E-state index < -0.39 is 6.29 Å². The lowest BCUT2D eigenvalue weighted by molar-refractivity contribution is -0.171. The van der Waals surface area contributed by atoms with Crippen molar-refractivity contribution in [2.45, 2.75) is 19.5 Å². The van der Waals surface area contributed by atoms with E-state index in [-0.39, 0.29) is 6.61 Å². The van der Waals surface area contributed by atoms with Crippen molar-refractivity contribution in [2.24, 2.45) is 0 Å². The largest absolute Gasteiger partial charge is 0.486 e. The molecule has 0 aliphatic heterocycles. The number of aromatic nitrogens is 1. The van der Waals surface area contributed by atoms with Gasteiger partial charge in [0.2, 0.25) is 0 Å². The molecule has 0 radical (unpaired) electrons. The van der Waals surface area contributed by atoms with Crippen LogP contribution in [0, 0.1) is 0 Å². The summed E-state index contributed by atoms with van der Waals surface area (Å²) in [4.78, 5) is 4.42. The number of ether oxygens (including phenoxy) is 3. The molecule has 0 unspecified atom stereocenters. The molecule has 0 saturated carbocycles. The van der Waals surface area contributed by atoms with E-state index in [9.17, 15) is 0 Å². The summed E-state index contributed by atoms with van der Waals surface area (Å²) in [6.45, 7) is 1.10. The van der Waals surface area contributed by atoms with Crippen molar-refractivity contribution in [3.63, 3.8) is 0 Å². The summed E-state index contributed by atoms with van der Waals surface area (Å²) in [5.41, 5.74) is 2.86. The quantitative estimate of drug-likeness (QED) is 0.311. The van der Waals surface area contributed by atoms with E-state index in [1.165, 1.54) is 0 Å². The predicted octanol–water partition coefficient (Wildman–Crippen LogP) is 6.03. The van der Waals surface area contributed by atoms with Gasteiger partial charge in [0.05, 0.1) is 18.2 Å². The van der Waals surface area contributed by atoms with Gasteiger partial charge in [-0.1, -0.05) is 72.3 Å². The summed E-state index contributed by atoms with van der Waals surface area (Å²) in [5.74, 6) is 0.645. The molecule has 4 aromatic rings. The van der Waals surface area contributed by atoms with Crippen molar-refractivity contribution in [3.8, 4) is 5.75 Å². The Labute approximate surface area is 181 Å². The molecule has 3 aromatic carbocycles. The Morgan fingerprint density at radius 2 is 1.37 bits per heavy atom. The normalized spacial score (nSPS) is 11.1. The van der Waals surface area contributed by atoms with Gasteiger partial charge in [0.15, 0.2) is 6.29 Å². The van der Waals surface area contributed by atoms with Crippen molar-refractivity contribution in [2.75, 3.05) is 6.61 Å². The van der Waals surface area contributed by atoms with Gasteiger partial charge in [0, 0.05) is 11.6 Å². The first-order valence-corrected chi connectivity index (χ1v) is 10.1. The maximum Gasteiger partial charge on any atom is 0.192 e. The molecule has 4 nitrogen and oxygen atoms in total. The van der Waals surface area contributed by atoms with Gasteiger partial charge in [-0.2, -0.15) is 0 Å². The van der Waals surface area contributed by atoms with Crippen LogP contribution in [-0.2, 0) is 22.7 Å². The number of hydrogen-bond donors (Lipinski definition) is 0. The van der Waals surface area contributed by atoms with Crippen molar-refractivity contribution in [1.82, 2.24) is 4.98 Å². The first-order valence-electron chi connectivity index (χ1n) is 9.77. The Hall–Kier alpha value is -2.92.